The van der Waals surface area contributed by atoms with Crippen LogP contribution in [0.2, 0.25) is 0 Å². The second-order valence-electron chi connectivity index (χ2n) is 6.81. The maximum Gasteiger partial charge on any atom is 0.270 e. The summed E-state index contributed by atoms with van der Waals surface area (Å²) in [7, 11) is 0. The molecule has 1 amide bonds. The molecular weight excluding hydrogens is 344 g/mol. The molecule has 0 unspecified atom stereocenters. The van der Waals surface area contributed by atoms with E-state index in [4.69, 9.17) is 4.74 Å². The summed E-state index contributed by atoms with van der Waals surface area (Å²) in [6.45, 7) is 2.49. The number of non-ortho nitro benzene ring substituents is 1. The first kappa shape index (κ1) is 17.2. The van der Waals surface area contributed by atoms with Crippen LogP contribution in [0.3, 0.4) is 0 Å². The molecule has 0 aliphatic carbocycles. The highest BCUT2D eigenvalue weighted by atomic mass is 16.6. The number of hydrogen-bond acceptors (Lipinski definition) is 4. The minimum absolute atomic E-state index is 0.102. The fourth-order valence-corrected chi connectivity index (χ4v) is 3.50. The van der Waals surface area contributed by atoms with Gasteiger partial charge in [-0.15, -0.1) is 0 Å². The summed E-state index contributed by atoms with van der Waals surface area (Å²) in [5, 5.41) is 16.3. The molecule has 3 aromatic carbocycles. The predicted molar refractivity (Wildman–Crippen MR) is 102 cm³/mol. The standard InChI is InChI=1S/C21H18N2O4/c1-14-9-10-16(23(25)26)11-18(14)20(24)22-21(12-27-13-21)19-8-4-6-15-5-2-3-7-17(15)19/h2-11H,12-13H2,1H3,(H,22,24). The maximum atomic E-state index is 13.0. The second kappa shape index (κ2) is 6.48. The van der Waals surface area contributed by atoms with Crippen molar-refractivity contribution in [3.63, 3.8) is 0 Å². The Morgan fingerprint density at radius 1 is 1.11 bits per heavy atom. The van der Waals surface area contributed by atoms with E-state index in [2.05, 4.69) is 5.32 Å². The molecule has 0 spiro atoms. The van der Waals surface area contributed by atoms with E-state index in [9.17, 15) is 14.9 Å². The van der Waals surface area contributed by atoms with E-state index in [1.165, 1.54) is 12.1 Å². The van der Waals surface area contributed by atoms with E-state index in [1.54, 1.807) is 13.0 Å². The van der Waals surface area contributed by atoms with Crippen LogP contribution in [-0.4, -0.2) is 24.0 Å². The van der Waals surface area contributed by atoms with Gasteiger partial charge in [0.25, 0.3) is 11.6 Å². The van der Waals surface area contributed by atoms with E-state index in [1.807, 2.05) is 42.5 Å². The Kier molecular flexibility index (Phi) is 4.12. The van der Waals surface area contributed by atoms with Crippen molar-refractivity contribution in [2.75, 3.05) is 13.2 Å². The van der Waals surface area contributed by atoms with Crippen molar-refractivity contribution in [2.45, 2.75) is 12.5 Å². The number of nitro groups is 1. The Hall–Kier alpha value is -3.25. The molecule has 0 aromatic heterocycles. The number of rotatable bonds is 4. The van der Waals surface area contributed by atoms with E-state index in [0.717, 1.165) is 16.3 Å². The zero-order valence-electron chi connectivity index (χ0n) is 14.8. The van der Waals surface area contributed by atoms with Crippen LogP contribution in [0.25, 0.3) is 10.8 Å². The number of fused-ring (bicyclic) bond motifs is 1. The lowest BCUT2D eigenvalue weighted by molar-refractivity contribution is -0.384. The first-order valence-corrected chi connectivity index (χ1v) is 8.64. The predicted octanol–water partition coefficient (Wildman–Crippen LogP) is 3.71. The van der Waals surface area contributed by atoms with Crippen LogP contribution in [0.1, 0.15) is 21.5 Å². The Labute approximate surface area is 155 Å². The molecule has 136 valence electrons. The quantitative estimate of drug-likeness (QED) is 0.567. The highest BCUT2D eigenvalue weighted by Crippen LogP contribution is 2.35. The molecule has 1 aliphatic heterocycles. The van der Waals surface area contributed by atoms with Crippen LogP contribution in [0.4, 0.5) is 5.69 Å². The van der Waals surface area contributed by atoms with Crippen LogP contribution in [-0.2, 0) is 10.3 Å². The van der Waals surface area contributed by atoms with Crippen molar-refractivity contribution >= 4 is 22.4 Å². The molecule has 1 fully saturated rings. The lowest BCUT2D eigenvalue weighted by Crippen LogP contribution is -2.59. The van der Waals surface area contributed by atoms with Crippen LogP contribution in [0.5, 0.6) is 0 Å². The Morgan fingerprint density at radius 2 is 1.85 bits per heavy atom. The van der Waals surface area contributed by atoms with E-state index < -0.39 is 10.5 Å². The van der Waals surface area contributed by atoms with Crippen molar-refractivity contribution in [3.8, 4) is 0 Å². The number of carbonyl (C=O) groups excluding carboxylic acids is 1. The maximum absolute atomic E-state index is 13.0. The first-order valence-electron chi connectivity index (χ1n) is 8.64. The molecule has 4 rings (SSSR count). The highest BCUT2D eigenvalue weighted by Gasteiger charge is 2.43. The molecular formula is C21H18N2O4. The summed E-state index contributed by atoms with van der Waals surface area (Å²) < 4.78 is 5.45. The molecule has 0 radical (unpaired) electrons. The molecule has 27 heavy (non-hydrogen) atoms. The van der Waals surface area contributed by atoms with E-state index >= 15 is 0 Å². The molecule has 0 saturated carbocycles. The van der Waals surface area contributed by atoms with Gasteiger partial charge >= 0.3 is 0 Å². The smallest absolute Gasteiger partial charge is 0.270 e. The van der Waals surface area contributed by atoms with Gasteiger partial charge in [-0.25, -0.2) is 0 Å². The van der Waals surface area contributed by atoms with Gasteiger partial charge in [0, 0.05) is 17.7 Å². The zero-order valence-corrected chi connectivity index (χ0v) is 14.8. The van der Waals surface area contributed by atoms with Crippen molar-refractivity contribution in [1.29, 1.82) is 0 Å². The van der Waals surface area contributed by atoms with Crippen molar-refractivity contribution in [3.05, 3.63) is 87.5 Å². The third-order valence-corrected chi connectivity index (χ3v) is 5.03. The topological polar surface area (TPSA) is 81.5 Å². The lowest BCUT2D eigenvalue weighted by Gasteiger charge is -2.43. The normalized spacial score (nSPS) is 15.1. The van der Waals surface area contributed by atoms with E-state index in [-0.39, 0.29) is 11.6 Å². The molecule has 1 aliphatic rings. The number of carbonyl (C=O) groups is 1. The third-order valence-electron chi connectivity index (χ3n) is 5.03. The molecule has 0 atom stereocenters. The van der Waals surface area contributed by atoms with Gasteiger partial charge in [0.2, 0.25) is 0 Å². The lowest BCUT2D eigenvalue weighted by atomic mass is 9.84. The molecule has 0 bridgehead atoms. The molecule has 6 nitrogen and oxygen atoms in total. The minimum atomic E-state index is -0.644. The first-order chi connectivity index (χ1) is 13.0. The average Bonchev–Trinajstić information content (AvgIpc) is 2.64. The third kappa shape index (κ3) is 2.94. The average molecular weight is 362 g/mol. The summed E-state index contributed by atoms with van der Waals surface area (Å²) >= 11 is 0. The van der Waals surface area contributed by atoms with Gasteiger partial charge in [-0.2, -0.15) is 0 Å². The zero-order chi connectivity index (χ0) is 19.0. The van der Waals surface area contributed by atoms with Gasteiger partial charge in [-0.05, 0) is 28.8 Å². The number of amides is 1. The Morgan fingerprint density at radius 3 is 2.56 bits per heavy atom. The van der Waals surface area contributed by atoms with E-state index in [0.29, 0.717) is 24.3 Å². The van der Waals surface area contributed by atoms with Crippen molar-refractivity contribution < 1.29 is 14.5 Å². The van der Waals surface area contributed by atoms with Crippen LogP contribution >= 0.6 is 0 Å². The summed E-state index contributed by atoms with van der Waals surface area (Å²) in [6.07, 6.45) is 0. The van der Waals surface area contributed by atoms with Crippen molar-refractivity contribution in [1.82, 2.24) is 5.32 Å². The van der Waals surface area contributed by atoms with Gasteiger partial charge in [0.1, 0.15) is 5.54 Å². The van der Waals surface area contributed by atoms with Gasteiger partial charge in [-0.3, -0.25) is 14.9 Å². The molecule has 1 saturated heterocycles. The number of hydrogen-bond donors (Lipinski definition) is 1. The fourth-order valence-electron chi connectivity index (χ4n) is 3.50. The molecule has 1 N–H and O–H groups in total. The molecule has 1 heterocycles. The van der Waals surface area contributed by atoms with Gasteiger partial charge < -0.3 is 10.1 Å². The van der Waals surface area contributed by atoms with Gasteiger partial charge in [0.05, 0.1) is 18.1 Å². The summed E-state index contributed by atoms with van der Waals surface area (Å²) in [5.41, 5.74) is 1.23. The monoisotopic (exact) mass is 362 g/mol. The summed E-state index contributed by atoms with van der Waals surface area (Å²) in [5.74, 6) is -0.340. The van der Waals surface area contributed by atoms with Gasteiger partial charge in [-0.1, -0.05) is 48.5 Å². The molecule has 6 heteroatoms. The molecule has 3 aromatic rings. The van der Waals surface area contributed by atoms with Crippen LogP contribution in [0.15, 0.2) is 60.7 Å². The Bertz CT molecular complexity index is 1050. The largest absolute Gasteiger partial charge is 0.376 e. The number of nitrogens with zero attached hydrogens (tertiary/aromatic N) is 1. The number of nitro benzene ring substituents is 1. The van der Waals surface area contributed by atoms with Crippen LogP contribution < -0.4 is 5.32 Å². The minimum Gasteiger partial charge on any atom is -0.376 e. The number of ether oxygens (including phenoxy) is 1. The highest BCUT2D eigenvalue weighted by molar-refractivity contribution is 5.97. The fraction of sp³-hybridized carbons (Fsp3) is 0.190. The SMILES string of the molecule is Cc1ccc([N+](=O)[O-])cc1C(=O)NC1(c2cccc3ccccc23)COC1. The van der Waals surface area contributed by atoms with Gasteiger partial charge in [0.15, 0.2) is 0 Å². The summed E-state index contributed by atoms with van der Waals surface area (Å²) in [6, 6.07) is 18.3. The Balaban J connectivity index is 1.73. The summed E-state index contributed by atoms with van der Waals surface area (Å²) in [4.78, 5) is 23.5. The number of benzene rings is 3. The second-order valence-corrected chi connectivity index (χ2v) is 6.81. The van der Waals surface area contributed by atoms with Crippen LogP contribution in [0, 0.1) is 17.0 Å². The number of nitrogens with one attached hydrogen (secondary N) is 1. The van der Waals surface area contributed by atoms with Crippen molar-refractivity contribution in [2.24, 2.45) is 0 Å². The number of aryl methyl sites for hydroxylation is 1.